The molecule has 2 rings (SSSR count). The highest BCUT2D eigenvalue weighted by molar-refractivity contribution is 5.94. The summed E-state index contributed by atoms with van der Waals surface area (Å²) in [7, 11) is 0. The first-order valence-electron chi connectivity index (χ1n) is 5.32. The molecule has 1 heterocycles. The molecule has 1 aromatic heterocycles. The Morgan fingerprint density at radius 2 is 2.44 bits per heavy atom. The first-order chi connectivity index (χ1) is 7.68. The molecule has 0 radical (unpaired) electrons. The van der Waals surface area contributed by atoms with E-state index >= 15 is 0 Å². The SMILES string of the molecule is NC(CNC(=O)c1ccncc1F)C1CC1. The molecular formula is C11H14FN3O. The topological polar surface area (TPSA) is 68.0 Å². The number of nitrogens with one attached hydrogen (secondary N) is 1. The van der Waals surface area contributed by atoms with Crippen LogP contribution in [0.1, 0.15) is 23.2 Å². The molecule has 1 amide bonds. The van der Waals surface area contributed by atoms with Crippen LogP contribution in [0.2, 0.25) is 0 Å². The highest BCUT2D eigenvalue weighted by atomic mass is 19.1. The van der Waals surface area contributed by atoms with E-state index in [1.807, 2.05) is 0 Å². The van der Waals surface area contributed by atoms with Crippen molar-refractivity contribution < 1.29 is 9.18 Å². The standard InChI is InChI=1S/C11H14FN3O/c12-9-5-14-4-3-8(9)11(16)15-6-10(13)7-1-2-7/h3-5,7,10H,1-2,6,13H2,(H,15,16). The van der Waals surface area contributed by atoms with Gasteiger partial charge in [0.1, 0.15) is 0 Å². The fourth-order valence-electron chi connectivity index (χ4n) is 1.56. The molecule has 16 heavy (non-hydrogen) atoms. The molecule has 1 fully saturated rings. The van der Waals surface area contributed by atoms with Crippen LogP contribution >= 0.6 is 0 Å². The number of pyridine rings is 1. The first kappa shape index (κ1) is 11.0. The number of aromatic nitrogens is 1. The normalized spacial score (nSPS) is 16.9. The summed E-state index contributed by atoms with van der Waals surface area (Å²) in [5.74, 6) is -0.529. The van der Waals surface area contributed by atoms with E-state index in [1.165, 1.54) is 12.3 Å². The zero-order chi connectivity index (χ0) is 11.5. The summed E-state index contributed by atoms with van der Waals surface area (Å²) < 4.78 is 13.2. The number of rotatable bonds is 4. The van der Waals surface area contributed by atoms with Gasteiger partial charge in [-0.2, -0.15) is 0 Å². The molecule has 0 aromatic carbocycles. The van der Waals surface area contributed by atoms with E-state index in [1.54, 1.807) is 0 Å². The van der Waals surface area contributed by atoms with Crippen LogP contribution in [0.5, 0.6) is 0 Å². The van der Waals surface area contributed by atoms with Gasteiger partial charge in [0.15, 0.2) is 5.82 Å². The van der Waals surface area contributed by atoms with E-state index in [4.69, 9.17) is 5.73 Å². The Morgan fingerprint density at radius 1 is 1.69 bits per heavy atom. The number of carbonyl (C=O) groups is 1. The van der Waals surface area contributed by atoms with E-state index in [9.17, 15) is 9.18 Å². The third-order valence-corrected chi connectivity index (χ3v) is 2.74. The lowest BCUT2D eigenvalue weighted by molar-refractivity contribution is 0.0946. The van der Waals surface area contributed by atoms with Gasteiger partial charge in [-0.25, -0.2) is 4.39 Å². The minimum atomic E-state index is -0.611. The Morgan fingerprint density at radius 3 is 3.06 bits per heavy atom. The number of nitrogens with two attached hydrogens (primary N) is 1. The third kappa shape index (κ3) is 2.55. The predicted octanol–water partition coefficient (Wildman–Crippen LogP) is 0.688. The Kier molecular flexibility index (Phi) is 3.14. The summed E-state index contributed by atoms with van der Waals surface area (Å²) in [6.07, 6.45) is 4.66. The van der Waals surface area contributed by atoms with Gasteiger partial charge in [-0.15, -0.1) is 0 Å². The number of carbonyl (C=O) groups excluding carboxylic acids is 1. The fourth-order valence-corrected chi connectivity index (χ4v) is 1.56. The molecule has 4 nitrogen and oxygen atoms in total. The van der Waals surface area contributed by atoms with Crippen molar-refractivity contribution in [2.24, 2.45) is 11.7 Å². The van der Waals surface area contributed by atoms with Gasteiger partial charge in [-0.05, 0) is 24.8 Å². The molecule has 1 aliphatic carbocycles. The molecule has 1 unspecified atom stereocenters. The summed E-state index contributed by atoms with van der Waals surface area (Å²) >= 11 is 0. The zero-order valence-electron chi connectivity index (χ0n) is 8.82. The van der Waals surface area contributed by atoms with Crippen molar-refractivity contribution in [1.82, 2.24) is 10.3 Å². The van der Waals surface area contributed by atoms with Crippen LogP contribution < -0.4 is 11.1 Å². The number of amides is 1. The molecule has 3 N–H and O–H groups in total. The van der Waals surface area contributed by atoms with Crippen LogP contribution in [0, 0.1) is 11.7 Å². The van der Waals surface area contributed by atoms with Crippen LogP contribution in [-0.2, 0) is 0 Å². The van der Waals surface area contributed by atoms with E-state index in [0.717, 1.165) is 19.0 Å². The second kappa shape index (κ2) is 4.57. The lowest BCUT2D eigenvalue weighted by Gasteiger charge is -2.11. The molecule has 1 aromatic rings. The second-order valence-electron chi connectivity index (χ2n) is 4.07. The molecule has 1 saturated carbocycles. The molecule has 86 valence electrons. The highest BCUT2D eigenvalue weighted by Gasteiger charge is 2.28. The van der Waals surface area contributed by atoms with Crippen molar-refractivity contribution in [3.05, 3.63) is 29.8 Å². The zero-order valence-corrected chi connectivity index (χ0v) is 8.82. The monoisotopic (exact) mass is 223 g/mol. The number of hydrogen-bond acceptors (Lipinski definition) is 3. The maximum absolute atomic E-state index is 13.2. The van der Waals surface area contributed by atoms with E-state index in [2.05, 4.69) is 10.3 Å². The molecule has 1 atom stereocenters. The Balaban J connectivity index is 1.90. The van der Waals surface area contributed by atoms with Gasteiger partial charge in [0, 0.05) is 18.8 Å². The molecule has 5 heteroatoms. The quantitative estimate of drug-likeness (QED) is 0.789. The maximum Gasteiger partial charge on any atom is 0.254 e. The van der Waals surface area contributed by atoms with Gasteiger partial charge in [0.05, 0.1) is 11.8 Å². The lowest BCUT2D eigenvalue weighted by atomic mass is 10.2. The van der Waals surface area contributed by atoms with Crippen LogP contribution in [0.25, 0.3) is 0 Å². The lowest BCUT2D eigenvalue weighted by Crippen LogP contribution is -2.38. The fraction of sp³-hybridized carbons (Fsp3) is 0.455. The molecule has 1 aliphatic rings. The van der Waals surface area contributed by atoms with Crippen LogP contribution in [-0.4, -0.2) is 23.5 Å². The summed E-state index contributed by atoms with van der Waals surface area (Å²) in [5.41, 5.74) is 5.83. The van der Waals surface area contributed by atoms with E-state index < -0.39 is 11.7 Å². The van der Waals surface area contributed by atoms with Gasteiger partial charge < -0.3 is 11.1 Å². The van der Waals surface area contributed by atoms with Gasteiger partial charge in [-0.3, -0.25) is 9.78 Å². The van der Waals surface area contributed by atoms with Crippen molar-refractivity contribution in [2.45, 2.75) is 18.9 Å². The Bertz CT molecular complexity index is 393. The van der Waals surface area contributed by atoms with Crippen molar-refractivity contribution in [1.29, 1.82) is 0 Å². The Hall–Kier alpha value is -1.49. The van der Waals surface area contributed by atoms with Crippen molar-refractivity contribution in [3.63, 3.8) is 0 Å². The molecule has 0 aliphatic heterocycles. The highest BCUT2D eigenvalue weighted by Crippen LogP contribution is 2.31. The average Bonchev–Trinajstić information content (AvgIpc) is 3.10. The molecule has 0 spiro atoms. The van der Waals surface area contributed by atoms with Crippen LogP contribution in [0.3, 0.4) is 0 Å². The van der Waals surface area contributed by atoms with E-state index in [-0.39, 0.29) is 11.6 Å². The largest absolute Gasteiger partial charge is 0.350 e. The smallest absolute Gasteiger partial charge is 0.254 e. The molecule has 0 bridgehead atoms. The molecule has 0 saturated heterocycles. The van der Waals surface area contributed by atoms with Crippen molar-refractivity contribution >= 4 is 5.91 Å². The number of hydrogen-bond donors (Lipinski definition) is 2. The third-order valence-electron chi connectivity index (χ3n) is 2.74. The van der Waals surface area contributed by atoms with Gasteiger partial charge in [0.2, 0.25) is 0 Å². The number of halogens is 1. The average molecular weight is 223 g/mol. The summed E-state index contributed by atoms with van der Waals surface area (Å²) in [5, 5.41) is 2.63. The van der Waals surface area contributed by atoms with Gasteiger partial charge in [0.25, 0.3) is 5.91 Å². The number of nitrogens with zero attached hydrogens (tertiary/aromatic N) is 1. The van der Waals surface area contributed by atoms with Gasteiger partial charge in [-0.1, -0.05) is 0 Å². The summed E-state index contributed by atoms with van der Waals surface area (Å²) in [6.45, 7) is 0.394. The van der Waals surface area contributed by atoms with Crippen molar-refractivity contribution in [3.8, 4) is 0 Å². The minimum absolute atomic E-state index is 0.0120. The first-order valence-corrected chi connectivity index (χ1v) is 5.32. The second-order valence-corrected chi connectivity index (χ2v) is 4.07. The minimum Gasteiger partial charge on any atom is -0.350 e. The van der Waals surface area contributed by atoms with Crippen LogP contribution in [0.4, 0.5) is 4.39 Å². The maximum atomic E-state index is 13.2. The van der Waals surface area contributed by atoms with E-state index in [0.29, 0.717) is 12.5 Å². The Labute approximate surface area is 93.1 Å². The summed E-state index contributed by atoms with van der Waals surface area (Å²) in [4.78, 5) is 15.2. The predicted molar refractivity (Wildman–Crippen MR) is 57.2 cm³/mol. The molecular weight excluding hydrogens is 209 g/mol. The van der Waals surface area contributed by atoms with Gasteiger partial charge >= 0.3 is 0 Å². The van der Waals surface area contributed by atoms with Crippen molar-refractivity contribution in [2.75, 3.05) is 6.54 Å². The summed E-state index contributed by atoms with van der Waals surface area (Å²) in [6, 6.07) is 1.33. The van der Waals surface area contributed by atoms with Crippen LogP contribution in [0.15, 0.2) is 18.5 Å².